The molecule has 1 N–H and O–H groups in total. The van der Waals surface area contributed by atoms with E-state index in [2.05, 4.69) is 41.3 Å². The highest BCUT2D eigenvalue weighted by atomic mass is 127. The van der Waals surface area contributed by atoms with Crippen LogP contribution in [0.3, 0.4) is 0 Å². The van der Waals surface area contributed by atoms with Crippen LogP contribution in [-0.4, -0.2) is 42.2 Å². The number of rotatable bonds is 7. The molecular formula is C14H20INO3. The van der Waals surface area contributed by atoms with E-state index >= 15 is 0 Å². The van der Waals surface area contributed by atoms with Gasteiger partial charge in [-0.15, -0.1) is 0 Å². The van der Waals surface area contributed by atoms with Crippen LogP contribution in [0.2, 0.25) is 0 Å². The summed E-state index contributed by atoms with van der Waals surface area (Å²) in [6.45, 7) is 9.64. The first-order valence-electron chi connectivity index (χ1n) is 6.38. The van der Waals surface area contributed by atoms with Crippen molar-refractivity contribution < 1.29 is 14.6 Å². The van der Waals surface area contributed by atoms with Crippen LogP contribution in [0.1, 0.15) is 29.8 Å². The second-order valence-electron chi connectivity index (χ2n) is 4.28. The van der Waals surface area contributed by atoms with Crippen molar-refractivity contribution in [1.29, 1.82) is 0 Å². The maximum absolute atomic E-state index is 10.9. The Labute approximate surface area is 127 Å². The number of carboxylic acid groups (broad SMARTS) is 1. The van der Waals surface area contributed by atoms with Crippen LogP contribution in [0.25, 0.3) is 0 Å². The SMILES string of the molecule is CCN(CC)CCOc1c(C)cc(C(=O)O)cc1I. The lowest BCUT2D eigenvalue weighted by Gasteiger charge is -2.19. The highest BCUT2D eigenvalue weighted by Gasteiger charge is 2.11. The van der Waals surface area contributed by atoms with Gasteiger partial charge in [-0.1, -0.05) is 13.8 Å². The number of hydrogen-bond acceptors (Lipinski definition) is 3. The minimum absolute atomic E-state index is 0.304. The van der Waals surface area contributed by atoms with Gasteiger partial charge >= 0.3 is 5.97 Å². The molecule has 0 heterocycles. The van der Waals surface area contributed by atoms with Gasteiger partial charge in [-0.3, -0.25) is 0 Å². The third-order valence-electron chi connectivity index (χ3n) is 3.02. The van der Waals surface area contributed by atoms with Gasteiger partial charge in [0.25, 0.3) is 0 Å². The van der Waals surface area contributed by atoms with Crippen LogP contribution in [-0.2, 0) is 0 Å². The molecule has 0 radical (unpaired) electrons. The van der Waals surface area contributed by atoms with Crippen LogP contribution in [0.15, 0.2) is 12.1 Å². The Morgan fingerprint density at radius 3 is 2.47 bits per heavy atom. The molecule has 0 unspecified atom stereocenters. The van der Waals surface area contributed by atoms with E-state index in [1.807, 2.05) is 6.92 Å². The fraction of sp³-hybridized carbons (Fsp3) is 0.500. The molecule has 1 rings (SSSR count). The molecular weight excluding hydrogens is 357 g/mol. The fourth-order valence-corrected chi connectivity index (χ4v) is 2.77. The molecule has 0 spiro atoms. The number of halogens is 1. The van der Waals surface area contributed by atoms with Crippen LogP contribution >= 0.6 is 22.6 Å². The largest absolute Gasteiger partial charge is 0.491 e. The third-order valence-corrected chi connectivity index (χ3v) is 3.83. The van der Waals surface area contributed by atoms with Gasteiger partial charge in [0.2, 0.25) is 0 Å². The van der Waals surface area contributed by atoms with Crippen molar-refractivity contribution in [2.75, 3.05) is 26.2 Å². The molecule has 0 aromatic heterocycles. The van der Waals surface area contributed by atoms with Gasteiger partial charge < -0.3 is 14.7 Å². The number of aryl methyl sites for hydroxylation is 1. The number of carboxylic acids is 1. The van der Waals surface area contributed by atoms with Crippen LogP contribution in [0, 0.1) is 10.5 Å². The van der Waals surface area contributed by atoms with Crippen molar-refractivity contribution in [3.63, 3.8) is 0 Å². The van der Waals surface area contributed by atoms with Gasteiger partial charge in [-0.25, -0.2) is 4.79 Å². The van der Waals surface area contributed by atoms with E-state index in [4.69, 9.17) is 9.84 Å². The lowest BCUT2D eigenvalue weighted by Crippen LogP contribution is -2.28. The Hall–Kier alpha value is -0.820. The Bertz CT molecular complexity index is 421. The average molecular weight is 377 g/mol. The smallest absolute Gasteiger partial charge is 0.335 e. The first-order chi connectivity index (χ1) is 8.99. The Balaban J connectivity index is 2.71. The summed E-state index contributed by atoms with van der Waals surface area (Å²) in [4.78, 5) is 13.2. The number of hydrogen-bond donors (Lipinski definition) is 1. The van der Waals surface area contributed by atoms with Crippen molar-refractivity contribution in [1.82, 2.24) is 4.90 Å². The van der Waals surface area contributed by atoms with Crippen molar-refractivity contribution in [3.8, 4) is 5.75 Å². The monoisotopic (exact) mass is 377 g/mol. The highest BCUT2D eigenvalue weighted by molar-refractivity contribution is 14.1. The van der Waals surface area contributed by atoms with Gasteiger partial charge in [-0.2, -0.15) is 0 Å². The number of benzene rings is 1. The molecule has 4 nitrogen and oxygen atoms in total. The van der Waals surface area contributed by atoms with E-state index in [0.29, 0.717) is 12.2 Å². The molecule has 0 saturated heterocycles. The Kier molecular flexibility index (Phi) is 6.57. The van der Waals surface area contributed by atoms with Crippen molar-refractivity contribution in [3.05, 3.63) is 26.8 Å². The first-order valence-corrected chi connectivity index (χ1v) is 7.46. The number of carbonyl (C=O) groups is 1. The summed E-state index contributed by atoms with van der Waals surface area (Å²) in [5.74, 6) is -0.117. The first kappa shape index (κ1) is 16.2. The molecule has 0 atom stereocenters. The van der Waals surface area contributed by atoms with Crippen molar-refractivity contribution >= 4 is 28.6 Å². The predicted molar refractivity (Wildman–Crippen MR) is 84.1 cm³/mol. The molecule has 5 heteroatoms. The molecule has 0 bridgehead atoms. The molecule has 19 heavy (non-hydrogen) atoms. The summed E-state index contributed by atoms with van der Waals surface area (Å²) in [6, 6.07) is 3.29. The third kappa shape index (κ3) is 4.65. The normalized spacial score (nSPS) is 10.8. The molecule has 0 aliphatic heterocycles. The Morgan fingerprint density at radius 1 is 1.37 bits per heavy atom. The summed E-state index contributed by atoms with van der Waals surface area (Å²) >= 11 is 2.12. The van der Waals surface area contributed by atoms with E-state index in [1.54, 1.807) is 12.1 Å². The van der Waals surface area contributed by atoms with Gasteiger partial charge in [0.05, 0.1) is 9.13 Å². The second kappa shape index (κ2) is 7.69. The molecule has 0 fully saturated rings. The van der Waals surface area contributed by atoms with Crippen LogP contribution in [0.4, 0.5) is 0 Å². The molecule has 1 aromatic carbocycles. The number of aromatic carboxylic acids is 1. The van der Waals surface area contributed by atoms with Crippen LogP contribution < -0.4 is 4.74 Å². The summed E-state index contributed by atoms with van der Waals surface area (Å²) in [6.07, 6.45) is 0. The zero-order chi connectivity index (χ0) is 14.4. The minimum atomic E-state index is -0.907. The van der Waals surface area contributed by atoms with Gasteiger partial charge in [0, 0.05) is 6.54 Å². The minimum Gasteiger partial charge on any atom is -0.491 e. The highest BCUT2D eigenvalue weighted by Crippen LogP contribution is 2.27. The summed E-state index contributed by atoms with van der Waals surface area (Å²) in [5, 5.41) is 8.99. The zero-order valence-electron chi connectivity index (χ0n) is 11.6. The Morgan fingerprint density at radius 2 is 2.00 bits per heavy atom. The van der Waals surface area contributed by atoms with E-state index in [0.717, 1.165) is 34.5 Å². The van der Waals surface area contributed by atoms with Crippen molar-refractivity contribution in [2.24, 2.45) is 0 Å². The van der Waals surface area contributed by atoms with Gasteiger partial charge in [0.15, 0.2) is 0 Å². The fourth-order valence-electron chi connectivity index (χ4n) is 1.85. The van der Waals surface area contributed by atoms with Crippen LogP contribution in [0.5, 0.6) is 5.75 Å². The van der Waals surface area contributed by atoms with E-state index in [9.17, 15) is 4.79 Å². The molecule has 1 aromatic rings. The van der Waals surface area contributed by atoms with Gasteiger partial charge in [-0.05, 0) is 60.3 Å². The van der Waals surface area contributed by atoms with E-state index in [-0.39, 0.29) is 0 Å². The molecule has 0 aliphatic rings. The van der Waals surface area contributed by atoms with E-state index in [1.165, 1.54) is 0 Å². The predicted octanol–water partition coefficient (Wildman–Crippen LogP) is 3.02. The molecule has 0 amide bonds. The number of ether oxygens (including phenoxy) is 1. The zero-order valence-corrected chi connectivity index (χ0v) is 13.7. The van der Waals surface area contributed by atoms with Crippen molar-refractivity contribution in [2.45, 2.75) is 20.8 Å². The molecule has 0 saturated carbocycles. The number of nitrogens with zero attached hydrogens (tertiary/aromatic N) is 1. The topological polar surface area (TPSA) is 49.8 Å². The standard InChI is InChI=1S/C14H20INO3/c1-4-16(5-2)6-7-19-13-10(3)8-11(14(17)18)9-12(13)15/h8-9H,4-7H2,1-3H3,(H,17,18). The summed E-state index contributed by atoms with van der Waals surface area (Å²) in [5.41, 5.74) is 1.17. The lowest BCUT2D eigenvalue weighted by molar-refractivity contribution is 0.0696. The lowest BCUT2D eigenvalue weighted by atomic mass is 10.1. The second-order valence-corrected chi connectivity index (χ2v) is 5.45. The van der Waals surface area contributed by atoms with Gasteiger partial charge in [0.1, 0.15) is 12.4 Å². The van der Waals surface area contributed by atoms with E-state index < -0.39 is 5.97 Å². The average Bonchev–Trinajstić information content (AvgIpc) is 2.37. The molecule has 106 valence electrons. The quantitative estimate of drug-likeness (QED) is 0.743. The molecule has 0 aliphatic carbocycles. The summed E-state index contributed by atoms with van der Waals surface area (Å²) < 4.78 is 6.64. The maximum atomic E-state index is 10.9. The summed E-state index contributed by atoms with van der Waals surface area (Å²) in [7, 11) is 0. The number of likely N-dealkylation sites (N-methyl/N-ethyl adjacent to an activating group) is 1. The maximum Gasteiger partial charge on any atom is 0.335 e.